The Morgan fingerprint density at radius 2 is 1.95 bits per heavy atom. The van der Waals surface area contributed by atoms with E-state index in [1.807, 2.05) is 39.2 Å². The quantitative estimate of drug-likeness (QED) is 0.195. The molecule has 1 aliphatic rings. The topological polar surface area (TPSA) is 110 Å². The van der Waals surface area contributed by atoms with Crippen LogP contribution in [-0.4, -0.2) is 67.0 Å². The van der Waals surface area contributed by atoms with Gasteiger partial charge in [0.05, 0.1) is 22.8 Å². The molecule has 5 N–H and O–H groups in total. The highest BCUT2D eigenvalue weighted by Gasteiger charge is 2.28. The number of fused-ring (bicyclic) bond motifs is 3. The molecule has 4 aromatic rings. The van der Waals surface area contributed by atoms with Gasteiger partial charge in [0.2, 0.25) is 0 Å². The predicted octanol–water partition coefficient (Wildman–Crippen LogP) is 4.24. The van der Waals surface area contributed by atoms with Gasteiger partial charge in [-0.3, -0.25) is 4.98 Å². The molecule has 0 aliphatic carbocycles. The molecule has 1 aliphatic heterocycles. The number of ether oxygens (including phenoxy) is 1. The minimum atomic E-state index is -0.302. The Morgan fingerprint density at radius 1 is 1.20 bits per heavy atom. The van der Waals surface area contributed by atoms with Gasteiger partial charge in [0.25, 0.3) is 0 Å². The Morgan fingerprint density at radius 3 is 2.63 bits per heavy atom. The van der Waals surface area contributed by atoms with E-state index in [4.69, 9.17) is 26.3 Å². The number of hydrogen-bond acceptors (Lipinski definition) is 8. The first kappa shape index (κ1) is 28.8. The summed E-state index contributed by atoms with van der Waals surface area (Å²) in [6, 6.07) is 12.9. The van der Waals surface area contributed by atoms with E-state index in [9.17, 15) is 0 Å². The lowest BCUT2D eigenvalue weighted by molar-refractivity contribution is 0.0608. The summed E-state index contributed by atoms with van der Waals surface area (Å²) in [5.74, 6) is 7.19. The molecule has 10 heteroatoms. The summed E-state index contributed by atoms with van der Waals surface area (Å²) in [7, 11) is 5.72. The number of nitrogens with zero attached hydrogens (tertiary/aromatic N) is 5. The van der Waals surface area contributed by atoms with Crippen molar-refractivity contribution in [3.05, 3.63) is 71.3 Å². The third kappa shape index (κ3) is 5.86. The van der Waals surface area contributed by atoms with Gasteiger partial charge in [-0.15, -0.1) is 0 Å². The fourth-order valence-electron chi connectivity index (χ4n) is 5.94. The maximum absolute atomic E-state index is 15.6. The van der Waals surface area contributed by atoms with Crippen molar-refractivity contribution in [1.29, 1.82) is 0 Å². The van der Waals surface area contributed by atoms with Gasteiger partial charge in [0.1, 0.15) is 17.3 Å². The molecule has 41 heavy (non-hydrogen) atoms. The Hall–Kier alpha value is -3.73. The number of anilines is 1. The van der Waals surface area contributed by atoms with Crippen molar-refractivity contribution >= 4 is 33.6 Å². The maximum atomic E-state index is 15.6. The summed E-state index contributed by atoms with van der Waals surface area (Å²) in [5, 5.41) is 5.63. The zero-order chi connectivity index (χ0) is 29.1. The van der Waals surface area contributed by atoms with Gasteiger partial charge in [-0.05, 0) is 63.4 Å². The molecule has 9 nitrogen and oxygen atoms in total. The van der Waals surface area contributed by atoms with E-state index in [0.29, 0.717) is 22.9 Å². The zero-order valence-electron chi connectivity index (χ0n) is 24.4. The van der Waals surface area contributed by atoms with Crippen LogP contribution in [0.1, 0.15) is 43.4 Å². The van der Waals surface area contributed by atoms with E-state index < -0.39 is 0 Å². The van der Waals surface area contributed by atoms with Crippen LogP contribution in [0.5, 0.6) is 0 Å². The number of nitrogens with two attached hydrogens (primary N) is 2. The SMILES string of the molecule is CNCCN(C)c1ccc2c3ncc(/C(=C(\C)N)N(C)N)cc3n(C(CC3CCOCC3)c3ccccc3F)c2n1. The van der Waals surface area contributed by atoms with E-state index in [0.717, 1.165) is 79.0 Å². The third-order valence-electron chi connectivity index (χ3n) is 8.03. The fraction of sp³-hybridized carbons (Fsp3) is 0.419. The van der Waals surface area contributed by atoms with Crippen LogP contribution in [0, 0.1) is 11.7 Å². The predicted molar refractivity (Wildman–Crippen MR) is 164 cm³/mol. The zero-order valence-corrected chi connectivity index (χ0v) is 24.4. The summed E-state index contributed by atoms with van der Waals surface area (Å²) in [5.41, 5.74) is 11.4. The molecule has 4 heterocycles. The van der Waals surface area contributed by atoms with Crippen LogP contribution < -0.4 is 21.8 Å². The second-order valence-electron chi connectivity index (χ2n) is 11.0. The molecular weight excluding hydrogens is 519 g/mol. The van der Waals surface area contributed by atoms with Crippen molar-refractivity contribution in [3.63, 3.8) is 0 Å². The maximum Gasteiger partial charge on any atom is 0.145 e. The second kappa shape index (κ2) is 12.4. The van der Waals surface area contributed by atoms with E-state index >= 15 is 4.39 Å². The van der Waals surface area contributed by atoms with Gasteiger partial charge in [-0.1, -0.05) is 18.2 Å². The van der Waals surface area contributed by atoms with Crippen LogP contribution in [0.2, 0.25) is 0 Å². The third-order valence-corrected chi connectivity index (χ3v) is 8.03. The van der Waals surface area contributed by atoms with E-state index in [1.165, 1.54) is 11.1 Å². The van der Waals surface area contributed by atoms with Crippen LogP contribution in [0.25, 0.3) is 27.8 Å². The largest absolute Gasteiger partial charge is 0.401 e. The average molecular weight is 561 g/mol. The van der Waals surface area contributed by atoms with Crippen LogP contribution >= 0.6 is 0 Å². The summed E-state index contributed by atoms with van der Waals surface area (Å²) >= 11 is 0. The van der Waals surface area contributed by atoms with Crippen molar-refractivity contribution in [2.45, 2.75) is 32.2 Å². The van der Waals surface area contributed by atoms with Gasteiger partial charge in [0.15, 0.2) is 0 Å². The highest BCUT2D eigenvalue weighted by atomic mass is 19.1. The molecule has 1 fully saturated rings. The molecule has 3 aromatic heterocycles. The number of hydrazine groups is 1. The lowest BCUT2D eigenvalue weighted by Gasteiger charge is -2.29. The second-order valence-corrected chi connectivity index (χ2v) is 11.0. The van der Waals surface area contributed by atoms with Gasteiger partial charge in [0, 0.05) is 68.8 Å². The Balaban J connectivity index is 1.80. The normalized spacial score (nSPS) is 15.8. The molecule has 0 bridgehead atoms. The smallest absolute Gasteiger partial charge is 0.145 e. The Labute approximate surface area is 240 Å². The molecule has 1 saturated heterocycles. The monoisotopic (exact) mass is 560 g/mol. The van der Waals surface area contributed by atoms with E-state index in [1.54, 1.807) is 19.3 Å². The molecular formula is C31H41FN8O. The number of likely N-dealkylation sites (N-methyl/N-ethyl adjacent to an activating group) is 2. The molecule has 218 valence electrons. The van der Waals surface area contributed by atoms with Gasteiger partial charge >= 0.3 is 0 Å². The Bertz CT molecular complexity index is 1540. The first-order valence-electron chi connectivity index (χ1n) is 14.2. The molecule has 0 spiro atoms. The molecule has 0 amide bonds. The van der Waals surface area contributed by atoms with Crippen molar-refractivity contribution in [1.82, 2.24) is 24.9 Å². The molecule has 0 saturated carbocycles. The van der Waals surface area contributed by atoms with E-state index in [-0.39, 0.29) is 11.9 Å². The van der Waals surface area contributed by atoms with Crippen molar-refractivity contribution in [2.24, 2.45) is 17.5 Å². The number of halogens is 1. The van der Waals surface area contributed by atoms with Crippen LogP contribution in [0.3, 0.4) is 0 Å². The molecule has 5 rings (SSSR count). The minimum Gasteiger partial charge on any atom is -0.401 e. The lowest BCUT2D eigenvalue weighted by atomic mass is 9.89. The van der Waals surface area contributed by atoms with Crippen molar-refractivity contribution in [3.8, 4) is 0 Å². The summed E-state index contributed by atoms with van der Waals surface area (Å²) in [6.45, 7) is 4.88. The first-order chi connectivity index (χ1) is 19.8. The molecule has 1 unspecified atom stereocenters. The van der Waals surface area contributed by atoms with Gasteiger partial charge in [-0.2, -0.15) is 0 Å². The lowest BCUT2D eigenvalue weighted by Crippen LogP contribution is -2.27. The molecule has 1 aromatic carbocycles. The van der Waals surface area contributed by atoms with Gasteiger partial charge in [-0.25, -0.2) is 15.2 Å². The number of allylic oxidation sites excluding steroid dienone is 1. The van der Waals surface area contributed by atoms with Crippen LogP contribution in [0.4, 0.5) is 10.2 Å². The van der Waals surface area contributed by atoms with E-state index in [2.05, 4.69) is 26.9 Å². The minimum absolute atomic E-state index is 0.231. The molecule has 0 radical (unpaired) electrons. The summed E-state index contributed by atoms with van der Waals surface area (Å²) < 4.78 is 23.5. The highest BCUT2D eigenvalue weighted by molar-refractivity contribution is 6.05. The Kier molecular flexibility index (Phi) is 8.72. The number of nitrogens with one attached hydrogen (secondary N) is 1. The first-order valence-corrected chi connectivity index (χ1v) is 14.2. The number of aromatic nitrogens is 3. The standard InChI is InChI=1S/C31H41FN8O/c1-20(33)30(39(4)34)22-18-27-29(36-19-22)24-9-10-28(38(3)14-13-35-2)37-31(24)40(27)26(17-21-11-15-41-16-12-21)23-7-5-6-8-25(23)32/h5-10,18-19,21,26,35H,11-17,33-34H2,1-4H3/b30-20-. The molecule has 1 atom stereocenters. The summed E-state index contributed by atoms with van der Waals surface area (Å²) in [4.78, 5) is 12.2. The highest BCUT2D eigenvalue weighted by Crippen LogP contribution is 2.39. The number of hydrogen-bond donors (Lipinski definition) is 3. The van der Waals surface area contributed by atoms with Crippen LogP contribution in [0.15, 0.2) is 54.4 Å². The number of benzene rings is 1. The van der Waals surface area contributed by atoms with Crippen LogP contribution in [-0.2, 0) is 4.74 Å². The summed E-state index contributed by atoms with van der Waals surface area (Å²) in [6.07, 6.45) is 4.43. The number of pyridine rings is 2. The van der Waals surface area contributed by atoms with Crippen molar-refractivity contribution < 1.29 is 9.13 Å². The fourth-order valence-corrected chi connectivity index (χ4v) is 5.94. The van der Waals surface area contributed by atoms with Gasteiger partial charge < -0.3 is 30.3 Å². The average Bonchev–Trinajstić information content (AvgIpc) is 3.28. The van der Waals surface area contributed by atoms with Crippen molar-refractivity contribution in [2.75, 3.05) is 52.3 Å². The number of rotatable bonds is 10.